The minimum atomic E-state index is -3.36. The molecule has 0 aliphatic carbocycles. The topological polar surface area (TPSA) is 61.8 Å². The molecule has 0 amide bonds. The Morgan fingerprint density at radius 2 is 1.89 bits per heavy atom. The van der Waals surface area contributed by atoms with E-state index in [2.05, 4.69) is 14.6 Å². The van der Waals surface area contributed by atoms with Crippen molar-refractivity contribution in [3.63, 3.8) is 0 Å². The predicted molar refractivity (Wildman–Crippen MR) is 115 cm³/mol. The van der Waals surface area contributed by atoms with Gasteiger partial charge in [-0.2, -0.15) is 0 Å². The molecule has 1 heterocycles. The van der Waals surface area contributed by atoms with E-state index >= 15 is 0 Å². The van der Waals surface area contributed by atoms with Crippen molar-refractivity contribution in [1.29, 1.82) is 0 Å². The molecule has 0 atom stereocenters. The summed E-state index contributed by atoms with van der Waals surface area (Å²) in [6.45, 7) is 1.41. The fraction of sp³-hybridized carbons (Fsp3) is 0.211. The highest BCUT2D eigenvalue weighted by atomic mass is 35.5. The third kappa shape index (κ3) is 5.03. The average Bonchev–Trinajstić information content (AvgIpc) is 2.73. The van der Waals surface area contributed by atoms with Gasteiger partial charge in [0.25, 0.3) is 0 Å². The molecule has 3 rings (SSSR count). The number of fused-ring (bicyclic) bond motifs is 1. The minimum absolute atomic E-state index is 0.487. The van der Waals surface area contributed by atoms with Crippen molar-refractivity contribution in [1.82, 2.24) is 0 Å². The van der Waals surface area contributed by atoms with Crippen molar-refractivity contribution in [2.45, 2.75) is 0 Å². The van der Waals surface area contributed by atoms with Crippen LogP contribution in [0.2, 0.25) is 10.0 Å². The molecular weight excluding hydrogens is 405 g/mol. The number of aliphatic imine (C=N–C) groups is 1. The summed E-state index contributed by atoms with van der Waals surface area (Å²) < 4.78 is 25.6. The van der Waals surface area contributed by atoms with Crippen molar-refractivity contribution >= 4 is 56.4 Å². The highest BCUT2D eigenvalue weighted by Gasteiger charge is 2.16. The van der Waals surface area contributed by atoms with E-state index in [1.807, 2.05) is 31.3 Å². The normalized spacial score (nSPS) is 14.7. The van der Waals surface area contributed by atoms with Crippen LogP contribution in [0.3, 0.4) is 0 Å². The Labute approximate surface area is 169 Å². The summed E-state index contributed by atoms with van der Waals surface area (Å²) in [6, 6.07) is 10.9. The average molecular weight is 424 g/mol. The molecule has 0 aromatic heterocycles. The van der Waals surface area contributed by atoms with Gasteiger partial charge in [0.2, 0.25) is 10.0 Å². The summed E-state index contributed by atoms with van der Waals surface area (Å²) in [5.41, 5.74) is 4.03. The lowest BCUT2D eigenvalue weighted by Crippen LogP contribution is -2.20. The first kappa shape index (κ1) is 19.7. The van der Waals surface area contributed by atoms with Gasteiger partial charge in [-0.1, -0.05) is 35.3 Å². The predicted octanol–water partition coefficient (Wildman–Crippen LogP) is 4.32. The molecule has 5 nitrogen and oxygen atoms in total. The highest BCUT2D eigenvalue weighted by molar-refractivity contribution is 7.92. The number of nitrogens with zero attached hydrogens (tertiary/aromatic N) is 2. The zero-order valence-electron chi connectivity index (χ0n) is 14.9. The van der Waals surface area contributed by atoms with Gasteiger partial charge < -0.3 is 4.90 Å². The Balaban J connectivity index is 1.99. The number of allylic oxidation sites excluding steroid dienone is 1. The van der Waals surface area contributed by atoms with Crippen molar-refractivity contribution in [2.75, 3.05) is 36.0 Å². The summed E-state index contributed by atoms with van der Waals surface area (Å²) in [5, 5.41) is 0.991. The maximum absolute atomic E-state index is 11.6. The van der Waals surface area contributed by atoms with Gasteiger partial charge in [0.1, 0.15) is 0 Å². The third-order valence-corrected chi connectivity index (χ3v) is 5.43. The summed E-state index contributed by atoms with van der Waals surface area (Å²) >= 11 is 12.0. The second kappa shape index (κ2) is 7.92. The molecule has 0 saturated heterocycles. The van der Waals surface area contributed by atoms with E-state index in [1.165, 1.54) is 0 Å². The molecule has 1 aliphatic heterocycles. The number of sulfonamides is 1. The van der Waals surface area contributed by atoms with Crippen LogP contribution in [-0.4, -0.2) is 40.5 Å². The maximum Gasteiger partial charge on any atom is 0.229 e. The van der Waals surface area contributed by atoms with Crippen LogP contribution in [0.15, 0.2) is 47.5 Å². The van der Waals surface area contributed by atoms with Crippen LogP contribution < -0.4 is 9.62 Å². The first-order valence-electron chi connectivity index (χ1n) is 8.24. The number of hydrogen-bond acceptors (Lipinski definition) is 4. The Morgan fingerprint density at radius 1 is 1.11 bits per heavy atom. The smallest absolute Gasteiger partial charge is 0.229 e. The van der Waals surface area contributed by atoms with Crippen LogP contribution in [0, 0.1) is 0 Å². The van der Waals surface area contributed by atoms with Crippen LogP contribution in [0.25, 0.3) is 6.08 Å². The van der Waals surface area contributed by atoms with Crippen LogP contribution in [0.5, 0.6) is 0 Å². The van der Waals surface area contributed by atoms with E-state index in [0.717, 1.165) is 35.3 Å². The molecule has 0 spiro atoms. The number of hydrogen-bond donors (Lipinski definition) is 1. The van der Waals surface area contributed by atoms with Gasteiger partial charge in [-0.05, 0) is 42.0 Å². The summed E-state index contributed by atoms with van der Waals surface area (Å²) in [6.07, 6.45) is 4.94. The molecule has 1 aliphatic rings. The summed E-state index contributed by atoms with van der Waals surface area (Å²) in [7, 11) is -1.37. The van der Waals surface area contributed by atoms with Crippen LogP contribution in [-0.2, 0) is 10.0 Å². The zero-order chi connectivity index (χ0) is 19.6. The second-order valence-electron chi connectivity index (χ2n) is 6.30. The number of nitrogens with one attached hydrogen (secondary N) is 1. The number of benzene rings is 2. The first-order valence-corrected chi connectivity index (χ1v) is 10.9. The number of halogens is 2. The van der Waals surface area contributed by atoms with Gasteiger partial charge in [-0.25, -0.2) is 8.42 Å². The molecule has 1 N–H and O–H groups in total. The fourth-order valence-electron chi connectivity index (χ4n) is 2.81. The SMILES string of the molecule is CN1CCN=C(C=Cc2ccc(Cl)c(Cl)c2)c2cc(NS(C)(=O)=O)ccc21. The van der Waals surface area contributed by atoms with Crippen LogP contribution >= 0.6 is 23.2 Å². The van der Waals surface area contributed by atoms with Gasteiger partial charge >= 0.3 is 0 Å². The van der Waals surface area contributed by atoms with E-state index in [-0.39, 0.29) is 0 Å². The lowest BCUT2D eigenvalue weighted by atomic mass is 10.0. The van der Waals surface area contributed by atoms with E-state index in [1.54, 1.807) is 24.3 Å². The van der Waals surface area contributed by atoms with Crippen molar-refractivity contribution in [3.05, 3.63) is 63.6 Å². The summed E-state index contributed by atoms with van der Waals surface area (Å²) in [4.78, 5) is 6.76. The van der Waals surface area contributed by atoms with E-state index < -0.39 is 10.0 Å². The fourth-order valence-corrected chi connectivity index (χ4v) is 3.67. The molecule has 0 saturated carbocycles. The van der Waals surface area contributed by atoms with Crippen molar-refractivity contribution < 1.29 is 8.42 Å². The summed E-state index contributed by atoms with van der Waals surface area (Å²) in [5.74, 6) is 0. The second-order valence-corrected chi connectivity index (χ2v) is 8.86. The monoisotopic (exact) mass is 423 g/mol. The van der Waals surface area contributed by atoms with Gasteiger partial charge in [0, 0.05) is 30.5 Å². The molecule has 8 heteroatoms. The number of anilines is 2. The first-order chi connectivity index (χ1) is 12.7. The number of likely N-dealkylation sites (N-methyl/N-ethyl adjacent to an activating group) is 1. The lowest BCUT2D eigenvalue weighted by molar-refractivity contribution is 0.607. The molecule has 27 heavy (non-hydrogen) atoms. The van der Waals surface area contributed by atoms with E-state index in [0.29, 0.717) is 22.3 Å². The Hall–Kier alpha value is -2.02. The van der Waals surface area contributed by atoms with Gasteiger partial charge in [0.05, 0.1) is 28.6 Å². The zero-order valence-corrected chi connectivity index (χ0v) is 17.2. The lowest BCUT2D eigenvalue weighted by Gasteiger charge is -2.20. The standard InChI is InChI=1S/C19H19Cl2N3O2S/c1-24-10-9-22-18(7-4-13-3-6-16(20)17(21)11-13)15-12-14(5-8-19(15)24)23-27(2,25)26/h3-8,11-12,23H,9-10H2,1-2H3. The Bertz CT molecular complexity index is 1030. The van der Waals surface area contributed by atoms with E-state index in [4.69, 9.17) is 23.2 Å². The van der Waals surface area contributed by atoms with Crippen molar-refractivity contribution in [2.24, 2.45) is 4.99 Å². The Kier molecular flexibility index (Phi) is 5.79. The van der Waals surface area contributed by atoms with Crippen LogP contribution in [0.1, 0.15) is 11.1 Å². The highest BCUT2D eigenvalue weighted by Crippen LogP contribution is 2.28. The number of benzodiazepines with no additional fused rings is 1. The number of rotatable bonds is 4. The van der Waals surface area contributed by atoms with Gasteiger partial charge in [-0.15, -0.1) is 0 Å². The molecule has 142 valence electrons. The third-order valence-electron chi connectivity index (χ3n) is 4.08. The molecular formula is C19H19Cl2N3O2S. The molecule has 2 aromatic carbocycles. The van der Waals surface area contributed by atoms with Crippen LogP contribution in [0.4, 0.5) is 11.4 Å². The van der Waals surface area contributed by atoms with Gasteiger partial charge in [-0.3, -0.25) is 9.71 Å². The minimum Gasteiger partial charge on any atom is -0.372 e. The molecule has 0 fully saturated rings. The maximum atomic E-state index is 11.6. The van der Waals surface area contributed by atoms with Gasteiger partial charge in [0.15, 0.2) is 0 Å². The Morgan fingerprint density at radius 3 is 2.59 bits per heavy atom. The molecule has 2 aromatic rings. The largest absolute Gasteiger partial charge is 0.372 e. The van der Waals surface area contributed by atoms with E-state index in [9.17, 15) is 8.42 Å². The molecule has 0 bridgehead atoms. The molecule has 0 unspecified atom stereocenters. The molecule has 0 radical (unpaired) electrons. The van der Waals surface area contributed by atoms with Crippen molar-refractivity contribution in [3.8, 4) is 0 Å². The quantitative estimate of drug-likeness (QED) is 0.796.